The zero-order valence-electron chi connectivity index (χ0n) is 18.5. The molecule has 0 radical (unpaired) electrons. The molecule has 1 aromatic heterocycles. The van der Waals surface area contributed by atoms with Gasteiger partial charge in [0.2, 0.25) is 5.91 Å². The number of carbonyl (C=O) groups is 3. The van der Waals surface area contributed by atoms with Crippen molar-refractivity contribution in [3.05, 3.63) is 69.7 Å². The van der Waals surface area contributed by atoms with Crippen LogP contribution in [0.3, 0.4) is 0 Å². The second-order valence-electron chi connectivity index (χ2n) is 7.88. The van der Waals surface area contributed by atoms with E-state index in [1.165, 1.54) is 11.3 Å². The number of carboxylic acids is 1. The SMILES string of the molecule is Cc1nnc(CCNC(=O)C(CC(=O)O)NC(=O)OCC2c3ccccc3-c3ccccc32)s1. The molecule has 0 saturated carbocycles. The summed E-state index contributed by atoms with van der Waals surface area (Å²) in [7, 11) is 0. The first-order valence-corrected chi connectivity index (χ1v) is 11.6. The van der Waals surface area contributed by atoms with Crippen LogP contribution in [0.1, 0.15) is 33.5 Å². The Bertz CT molecular complexity index is 1170. The first-order chi connectivity index (χ1) is 16.4. The monoisotopic (exact) mass is 480 g/mol. The molecule has 3 aromatic rings. The van der Waals surface area contributed by atoms with E-state index in [9.17, 15) is 19.5 Å². The molecule has 0 bridgehead atoms. The van der Waals surface area contributed by atoms with Gasteiger partial charge in [0.05, 0.1) is 6.42 Å². The van der Waals surface area contributed by atoms with Crippen molar-refractivity contribution in [1.29, 1.82) is 0 Å². The van der Waals surface area contributed by atoms with Gasteiger partial charge < -0.3 is 20.5 Å². The largest absolute Gasteiger partial charge is 0.481 e. The number of alkyl carbamates (subject to hydrolysis) is 1. The summed E-state index contributed by atoms with van der Waals surface area (Å²) in [6, 6.07) is 14.6. The average Bonchev–Trinajstić information content (AvgIpc) is 3.37. The number of hydrogen-bond acceptors (Lipinski definition) is 7. The Morgan fingerprint density at radius 2 is 1.71 bits per heavy atom. The van der Waals surface area contributed by atoms with E-state index in [0.717, 1.165) is 32.3 Å². The molecule has 0 saturated heterocycles. The van der Waals surface area contributed by atoms with Gasteiger partial charge in [0, 0.05) is 18.9 Å². The molecule has 2 aromatic carbocycles. The Labute approximate surface area is 200 Å². The number of nitrogens with one attached hydrogen (secondary N) is 2. The van der Waals surface area contributed by atoms with Crippen LogP contribution in [0, 0.1) is 6.92 Å². The molecule has 1 unspecified atom stereocenters. The Morgan fingerprint density at radius 1 is 1.06 bits per heavy atom. The molecule has 176 valence electrons. The molecule has 1 heterocycles. The summed E-state index contributed by atoms with van der Waals surface area (Å²) in [5, 5.41) is 23.7. The number of amides is 2. The van der Waals surface area contributed by atoms with Crippen LogP contribution in [0.15, 0.2) is 48.5 Å². The van der Waals surface area contributed by atoms with Crippen LogP contribution in [-0.2, 0) is 20.7 Å². The van der Waals surface area contributed by atoms with Crippen molar-refractivity contribution < 1.29 is 24.2 Å². The van der Waals surface area contributed by atoms with Gasteiger partial charge in [-0.15, -0.1) is 21.5 Å². The van der Waals surface area contributed by atoms with Crippen LogP contribution in [0.4, 0.5) is 4.79 Å². The van der Waals surface area contributed by atoms with Crippen molar-refractivity contribution in [2.24, 2.45) is 0 Å². The summed E-state index contributed by atoms with van der Waals surface area (Å²) in [4.78, 5) is 36.3. The molecule has 0 spiro atoms. The van der Waals surface area contributed by atoms with Crippen LogP contribution in [0.25, 0.3) is 11.1 Å². The summed E-state index contributed by atoms with van der Waals surface area (Å²) >= 11 is 1.42. The highest BCUT2D eigenvalue weighted by atomic mass is 32.1. The van der Waals surface area contributed by atoms with E-state index in [1.54, 1.807) is 0 Å². The van der Waals surface area contributed by atoms with Crippen molar-refractivity contribution in [3.8, 4) is 11.1 Å². The number of aromatic nitrogens is 2. The lowest BCUT2D eigenvalue weighted by Crippen LogP contribution is -2.48. The third-order valence-corrected chi connectivity index (χ3v) is 6.44. The smallest absolute Gasteiger partial charge is 0.407 e. The Balaban J connectivity index is 1.35. The topological polar surface area (TPSA) is 131 Å². The van der Waals surface area contributed by atoms with Crippen LogP contribution in [0.5, 0.6) is 0 Å². The van der Waals surface area contributed by atoms with Crippen molar-refractivity contribution in [3.63, 3.8) is 0 Å². The van der Waals surface area contributed by atoms with Gasteiger partial charge >= 0.3 is 12.1 Å². The lowest BCUT2D eigenvalue weighted by Gasteiger charge is -2.18. The molecule has 0 aliphatic heterocycles. The standard InChI is InChI=1S/C24H24N4O5S/c1-14-27-28-21(34-14)10-11-25-23(31)20(12-22(29)30)26-24(32)33-13-19-17-8-4-2-6-15(17)16-7-3-5-9-18(16)19/h2-9,19-20H,10-13H2,1H3,(H,25,31)(H,26,32)(H,29,30). The maximum Gasteiger partial charge on any atom is 0.407 e. The van der Waals surface area contributed by atoms with Gasteiger partial charge in [-0.05, 0) is 29.2 Å². The van der Waals surface area contributed by atoms with Crippen LogP contribution < -0.4 is 10.6 Å². The lowest BCUT2D eigenvalue weighted by molar-refractivity contribution is -0.139. The molecule has 1 aliphatic rings. The molecule has 34 heavy (non-hydrogen) atoms. The van der Waals surface area contributed by atoms with E-state index in [-0.39, 0.29) is 19.1 Å². The summed E-state index contributed by atoms with van der Waals surface area (Å²) in [5.41, 5.74) is 4.31. The minimum Gasteiger partial charge on any atom is -0.481 e. The Hall–Kier alpha value is -3.79. The molecule has 4 rings (SSSR count). The maximum atomic E-state index is 12.5. The Kier molecular flexibility index (Phi) is 7.17. The quantitative estimate of drug-likeness (QED) is 0.429. The van der Waals surface area contributed by atoms with E-state index in [4.69, 9.17) is 4.74 Å². The molecule has 1 atom stereocenters. The van der Waals surface area contributed by atoms with Gasteiger partial charge in [0.25, 0.3) is 0 Å². The fourth-order valence-electron chi connectivity index (χ4n) is 4.02. The molecule has 3 N–H and O–H groups in total. The zero-order chi connectivity index (χ0) is 24.1. The summed E-state index contributed by atoms with van der Waals surface area (Å²) < 4.78 is 5.44. The highest BCUT2D eigenvalue weighted by molar-refractivity contribution is 7.11. The third-order valence-electron chi connectivity index (χ3n) is 5.54. The van der Waals surface area contributed by atoms with Gasteiger partial charge in [-0.25, -0.2) is 4.79 Å². The Morgan fingerprint density at radius 3 is 2.29 bits per heavy atom. The van der Waals surface area contributed by atoms with Gasteiger partial charge in [0.1, 0.15) is 22.7 Å². The predicted octanol–water partition coefficient (Wildman–Crippen LogP) is 2.89. The van der Waals surface area contributed by atoms with Gasteiger partial charge in [0.15, 0.2) is 0 Å². The number of carboxylic acid groups (broad SMARTS) is 1. The van der Waals surface area contributed by atoms with Gasteiger partial charge in [-0.2, -0.15) is 0 Å². The number of fused-ring (bicyclic) bond motifs is 3. The van der Waals surface area contributed by atoms with Crippen LogP contribution in [-0.4, -0.2) is 52.5 Å². The maximum absolute atomic E-state index is 12.5. The molecule has 0 fully saturated rings. The zero-order valence-corrected chi connectivity index (χ0v) is 19.3. The highest BCUT2D eigenvalue weighted by Crippen LogP contribution is 2.44. The van der Waals surface area contributed by atoms with E-state index in [0.29, 0.717) is 6.42 Å². The molecular weight excluding hydrogens is 456 g/mol. The van der Waals surface area contributed by atoms with Crippen molar-refractivity contribution >= 4 is 29.3 Å². The second-order valence-corrected chi connectivity index (χ2v) is 9.14. The fourth-order valence-corrected chi connectivity index (χ4v) is 4.73. The second kappa shape index (κ2) is 10.4. The predicted molar refractivity (Wildman–Crippen MR) is 126 cm³/mol. The molecular formula is C24H24N4O5S. The number of ether oxygens (including phenoxy) is 1. The van der Waals surface area contributed by atoms with Crippen molar-refractivity contribution in [1.82, 2.24) is 20.8 Å². The number of carbonyl (C=O) groups excluding carboxylic acids is 2. The first kappa shape index (κ1) is 23.4. The van der Waals surface area contributed by atoms with Crippen molar-refractivity contribution in [2.45, 2.75) is 31.7 Å². The summed E-state index contributed by atoms with van der Waals surface area (Å²) in [6.07, 6.45) is -0.946. The van der Waals surface area contributed by atoms with Gasteiger partial charge in [-0.3, -0.25) is 9.59 Å². The summed E-state index contributed by atoms with van der Waals surface area (Å²) in [5.74, 6) is -1.95. The number of rotatable bonds is 9. The first-order valence-electron chi connectivity index (χ1n) is 10.8. The molecule has 10 heteroatoms. The van der Waals surface area contributed by atoms with E-state index in [2.05, 4.69) is 20.8 Å². The third kappa shape index (κ3) is 5.40. The molecule has 2 amide bonds. The van der Waals surface area contributed by atoms with Crippen molar-refractivity contribution in [2.75, 3.05) is 13.2 Å². The van der Waals surface area contributed by atoms with E-state index in [1.807, 2.05) is 55.5 Å². The van der Waals surface area contributed by atoms with Crippen LogP contribution >= 0.6 is 11.3 Å². The number of aliphatic carboxylic acids is 1. The highest BCUT2D eigenvalue weighted by Gasteiger charge is 2.30. The number of aryl methyl sites for hydroxylation is 1. The fraction of sp³-hybridized carbons (Fsp3) is 0.292. The summed E-state index contributed by atoms with van der Waals surface area (Å²) in [6.45, 7) is 2.15. The average molecular weight is 481 g/mol. The normalized spacial score (nSPS) is 13.0. The lowest BCUT2D eigenvalue weighted by atomic mass is 9.98. The number of nitrogens with zero attached hydrogens (tertiary/aromatic N) is 2. The van der Waals surface area contributed by atoms with Crippen LogP contribution in [0.2, 0.25) is 0 Å². The number of benzene rings is 2. The minimum absolute atomic E-state index is 0.0671. The minimum atomic E-state index is -1.26. The number of hydrogen-bond donors (Lipinski definition) is 3. The van der Waals surface area contributed by atoms with Gasteiger partial charge in [-0.1, -0.05) is 48.5 Å². The van der Waals surface area contributed by atoms with E-state index < -0.39 is 30.4 Å². The molecule has 9 nitrogen and oxygen atoms in total. The van der Waals surface area contributed by atoms with E-state index >= 15 is 0 Å². The molecule has 1 aliphatic carbocycles.